The Kier molecular flexibility index (Phi) is 3.57. The number of thiazole rings is 1. The summed E-state index contributed by atoms with van der Waals surface area (Å²) in [6.45, 7) is 1.21. The molecule has 118 valence electrons. The van der Waals surface area contributed by atoms with Crippen LogP contribution in [0.2, 0.25) is 0 Å². The number of amides is 2. The third kappa shape index (κ3) is 2.72. The summed E-state index contributed by atoms with van der Waals surface area (Å²) in [5.41, 5.74) is 1.29. The lowest BCUT2D eigenvalue weighted by Crippen LogP contribution is -2.45. The van der Waals surface area contributed by atoms with E-state index in [4.69, 9.17) is 0 Å². The van der Waals surface area contributed by atoms with Gasteiger partial charge in [-0.05, 0) is 31.4 Å². The number of aromatic nitrogens is 2. The summed E-state index contributed by atoms with van der Waals surface area (Å²) in [4.78, 5) is 33.5. The van der Waals surface area contributed by atoms with Gasteiger partial charge in [0.2, 0.25) is 5.91 Å². The second kappa shape index (κ2) is 5.73. The second-order valence-electron chi connectivity index (χ2n) is 5.80. The van der Waals surface area contributed by atoms with Crippen LogP contribution in [-0.4, -0.2) is 44.9 Å². The molecule has 7 heteroatoms. The fraction of sp³-hybridized carbons (Fsp3) is 0.375. The predicted octanol–water partition coefficient (Wildman–Crippen LogP) is 2.20. The third-order valence-corrected chi connectivity index (χ3v) is 4.97. The van der Waals surface area contributed by atoms with Gasteiger partial charge in [-0.1, -0.05) is 0 Å². The van der Waals surface area contributed by atoms with E-state index in [0.717, 1.165) is 29.8 Å². The van der Waals surface area contributed by atoms with Crippen LogP contribution in [-0.2, 0) is 4.79 Å². The highest BCUT2D eigenvalue weighted by Gasteiger charge is 2.39. The van der Waals surface area contributed by atoms with Crippen LogP contribution in [0.1, 0.15) is 29.8 Å². The lowest BCUT2D eigenvalue weighted by atomic mass is 10.3. The zero-order chi connectivity index (χ0) is 15.8. The van der Waals surface area contributed by atoms with Crippen molar-refractivity contribution in [3.8, 4) is 10.6 Å². The molecule has 1 saturated heterocycles. The number of hydrogen-bond donors (Lipinski definition) is 0. The Labute approximate surface area is 137 Å². The van der Waals surface area contributed by atoms with E-state index >= 15 is 0 Å². The van der Waals surface area contributed by atoms with Crippen molar-refractivity contribution in [3.63, 3.8) is 0 Å². The van der Waals surface area contributed by atoms with E-state index in [9.17, 15) is 9.59 Å². The third-order valence-electron chi connectivity index (χ3n) is 4.08. The Balaban J connectivity index is 1.54. The quantitative estimate of drug-likeness (QED) is 0.866. The van der Waals surface area contributed by atoms with E-state index in [1.165, 1.54) is 11.3 Å². The van der Waals surface area contributed by atoms with Crippen LogP contribution in [0.4, 0.5) is 0 Å². The van der Waals surface area contributed by atoms with Crippen LogP contribution in [0.25, 0.3) is 10.6 Å². The SMILES string of the molecule is O=C(c1csc(-c2cccnc2)n1)N1CCCN1C(=O)C1CC1. The minimum Gasteiger partial charge on any atom is -0.273 e. The molecule has 0 spiro atoms. The number of rotatable bonds is 3. The molecule has 0 aromatic carbocycles. The highest BCUT2D eigenvalue weighted by Crippen LogP contribution is 2.33. The molecule has 0 bridgehead atoms. The Morgan fingerprint density at radius 2 is 2.04 bits per heavy atom. The monoisotopic (exact) mass is 328 g/mol. The topological polar surface area (TPSA) is 66.4 Å². The number of carbonyl (C=O) groups excluding carboxylic acids is 2. The number of pyridine rings is 1. The van der Waals surface area contributed by atoms with E-state index in [1.54, 1.807) is 27.8 Å². The molecule has 0 atom stereocenters. The van der Waals surface area contributed by atoms with Crippen LogP contribution >= 0.6 is 11.3 Å². The van der Waals surface area contributed by atoms with Crippen molar-refractivity contribution in [3.05, 3.63) is 35.6 Å². The number of hydrogen-bond acceptors (Lipinski definition) is 5. The highest BCUT2D eigenvalue weighted by atomic mass is 32.1. The van der Waals surface area contributed by atoms with E-state index < -0.39 is 0 Å². The lowest BCUT2D eigenvalue weighted by Gasteiger charge is -2.27. The molecule has 4 rings (SSSR count). The van der Waals surface area contributed by atoms with Gasteiger partial charge in [-0.15, -0.1) is 11.3 Å². The van der Waals surface area contributed by atoms with Crippen molar-refractivity contribution in [2.45, 2.75) is 19.3 Å². The molecule has 1 aliphatic heterocycles. The zero-order valence-corrected chi connectivity index (χ0v) is 13.3. The summed E-state index contributed by atoms with van der Waals surface area (Å²) < 4.78 is 0. The minimum atomic E-state index is -0.192. The van der Waals surface area contributed by atoms with Gasteiger partial charge in [-0.25, -0.2) is 9.99 Å². The van der Waals surface area contributed by atoms with Crippen molar-refractivity contribution in [2.75, 3.05) is 13.1 Å². The molecular formula is C16H16N4O2S. The van der Waals surface area contributed by atoms with Crippen LogP contribution in [0, 0.1) is 5.92 Å². The van der Waals surface area contributed by atoms with Gasteiger partial charge >= 0.3 is 0 Å². The summed E-state index contributed by atoms with van der Waals surface area (Å²) in [7, 11) is 0. The van der Waals surface area contributed by atoms with E-state index in [-0.39, 0.29) is 17.7 Å². The smallest absolute Gasteiger partial charge is 0.273 e. The Morgan fingerprint density at radius 3 is 2.78 bits per heavy atom. The van der Waals surface area contributed by atoms with Gasteiger partial charge in [0, 0.05) is 42.3 Å². The minimum absolute atomic E-state index is 0.0820. The number of hydrazine groups is 1. The average molecular weight is 328 g/mol. The predicted molar refractivity (Wildman–Crippen MR) is 85.4 cm³/mol. The van der Waals surface area contributed by atoms with Crippen molar-refractivity contribution in [1.82, 2.24) is 20.0 Å². The molecule has 0 N–H and O–H groups in total. The van der Waals surface area contributed by atoms with Crippen molar-refractivity contribution < 1.29 is 9.59 Å². The maximum atomic E-state index is 12.7. The standard InChI is InChI=1S/C16H16N4O2S/c21-15(11-4-5-11)19-7-2-8-20(19)16(22)13-10-23-14(18-13)12-3-1-6-17-9-12/h1,3,6,9-11H,2,4-5,7-8H2. The molecule has 2 aliphatic rings. The van der Waals surface area contributed by atoms with E-state index in [2.05, 4.69) is 9.97 Å². The van der Waals surface area contributed by atoms with Gasteiger partial charge in [0.05, 0.1) is 0 Å². The molecule has 0 radical (unpaired) electrons. The van der Waals surface area contributed by atoms with Gasteiger partial charge in [-0.3, -0.25) is 19.6 Å². The van der Waals surface area contributed by atoms with Gasteiger partial charge < -0.3 is 0 Å². The van der Waals surface area contributed by atoms with Crippen LogP contribution in [0.15, 0.2) is 29.9 Å². The molecule has 6 nitrogen and oxygen atoms in total. The fourth-order valence-corrected chi connectivity index (χ4v) is 3.50. The van der Waals surface area contributed by atoms with Crippen LogP contribution < -0.4 is 0 Å². The largest absolute Gasteiger partial charge is 0.291 e. The van der Waals surface area contributed by atoms with Crippen molar-refractivity contribution >= 4 is 23.2 Å². The van der Waals surface area contributed by atoms with Gasteiger partial charge in [0.25, 0.3) is 5.91 Å². The highest BCUT2D eigenvalue weighted by molar-refractivity contribution is 7.13. The van der Waals surface area contributed by atoms with Gasteiger partial charge in [-0.2, -0.15) is 0 Å². The molecule has 1 saturated carbocycles. The average Bonchev–Trinajstić information content (AvgIpc) is 3.13. The first-order valence-corrected chi connectivity index (χ1v) is 8.61. The maximum Gasteiger partial charge on any atom is 0.291 e. The summed E-state index contributed by atoms with van der Waals surface area (Å²) in [5.74, 6) is 0.00578. The Morgan fingerprint density at radius 1 is 1.22 bits per heavy atom. The number of carbonyl (C=O) groups is 2. The van der Waals surface area contributed by atoms with Crippen molar-refractivity contribution in [2.24, 2.45) is 5.92 Å². The normalized spacial score (nSPS) is 17.6. The second-order valence-corrected chi connectivity index (χ2v) is 6.66. The molecule has 2 fully saturated rings. The van der Waals surface area contributed by atoms with Gasteiger partial charge in [0.1, 0.15) is 10.7 Å². The van der Waals surface area contributed by atoms with Gasteiger partial charge in [0.15, 0.2) is 0 Å². The first kappa shape index (κ1) is 14.3. The lowest BCUT2D eigenvalue weighted by molar-refractivity contribution is -0.141. The fourth-order valence-electron chi connectivity index (χ4n) is 2.72. The van der Waals surface area contributed by atoms with Crippen molar-refractivity contribution in [1.29, 1.82) is 0 Å². The Hall–Kier alpha value is -2.28. The first-order chi connectivity index (χ1) is 11.2. The molecule has 23 heavy (non-hydrogen) atoms. The summed E-state index contributed by atoms with van der Waals surface area (Å²) in [6, 6.07) is 3.76. The summed E-state index contributed by atoms with van der Waals surface area (Å²) in [5, 5.41) is 5.69. The molecule has 2 aromatic heterocycles. The first-order valence-electron chi connectivity index (χ1n) is 7.73. The number of nitrogens with zero attached hydrogens (tertiary/aromatic N) is 4. The maximum absolute atomic E-state index is 12.7. The molecule has 2 amide bonds. The van der Waals surface area contributed by atoms with Crippen LogP contribution in [0.5, 0.6) is 0 Å². The molecule has 2 aromatic rings. The molecule has 0 unspecified atom stereocenters. The van der Waals surface area contributed by atoms with Crippen LogP contribution in [0.3, 0.4) is 0 Å². The zero-order valence-electron chi connectivity index (χ0n) is 12.5. The molecule has 1 aliphatic carbocycles. The summed E-state index contributed by atoms with van der Waals surface area (Å²) in [6.07, 6.45) is 6.14. The molecule has 3 heterocycles. The van der Waals surface area contributed by atoms with E-state index in [0.29, 0.717) is 18.8 Å². The van der Waals surface area contributed by atoms with E-state index in [1.807, 2.05) is 12.1 Å². The molecular weight excluding hydrogens is 312 g/mol. The Bertz CT molecular complexity index is 742. The summed E-state index contributed by atoms with van der Waals surface area (Å²) >= 11 is 1.42.